The molecule has 1 atom stereocenters. The van der Waals surface area contributed by atoms with Crippen LogP contribution in [0.5, 0.6) is 0 Å². The molecule has 4 aromatic rings. The second-order valence-corrected chi connectivity index (χ2v) is 10.3. The average molecular weight is 491 g/mol. The molecule has 1 aromatic carbocycles. The number of anilines is 3. The summed E-state index contributed by atoms with van der Waals surface area (Å²) in [6, 6.07) is 14.6. The first kappa shape index (κ1) is 22.2. The van der Waals surface area contributed by atoms with Crippen LogP contribution in [0.4, 0.5) is 21.8 Å². The van der Waals surface area contributed by atoms with Gasteiger partial charge in [0, 0.05) is 66.0 Å². The van der Waals surface area contributed by atoms with Crippen LogP contribution in [-0.4, -0.2) is 68.4 Å². The number of aromatic amines is 1. The molecule has 35 heavy (non-hydrogen) atoms. The van der Waals surface area contributed by atoms with Crippen molar-refractivity contribution in [2.24, 2.45) is 0 Å². The molecular formula is C25H27FN8S. The van der Waals surface area contributed by atoms with E-state index in [1.54, 1.807) is 0 Å². The molecule has 0 bridgehead atoms. The predicted octanol–water partition coefficient (Wildman–Crippen LogP) is 4.49. The Morgan fingerprint density at radius 3 is 2.66 bits per heavy atom. The van der Waals surface area contributed by atoms with Crippen molar-refractivity contribution in [1.82, 2.24) is 30.0 Å². The number of rotatable bonds is 6. The van der Waals surface area contributed by atoms with Crippen molar-refractivity contribution < 1.29 is 4.39 Å². The maximum Gasteiger partial charge on any atom is 0.196 e. The molecule has 2 aliphatic heterocycles. The highest BCUT2D eigenvalue weighted by molar-refractivity contribution is 7.99. The lowest BCUT2D eigenvalue weighted by Crippen LogP contribution is -2.59. The van der Waals surface area contributed by atoms with Crippen molar-refractivity contribution in [3.63, 3.8) is 0 Å². The molecule has 0 spiro atoms. The Hall–Kier alpha value is -3.24. The quantitative estimate of drug-likeness (QED) is 0.383. The Labute approximate surface area is 207 Å². The van der Waals surface area contributed by atoms with Crippen molar-refractivity contribution in [3.8, 4) is 0 Å². The number of fused-ring (bicyclic) bond motifs is 1. The van der Waals surface area contributed by atoms with Gasteiger partial charge in [-0.3, -0.25) is 15.0 Å². The van der Waals surface area contributed by atoms with E-state index in [1.165, 1.54) is 11.8 Å². The molecule has 5 heterocycles. The molecule has 2 saturated heterocycles. The van der Waals surface area contributed by atoms with Crippen molar-refractivity contribution in [2.75, 3.05) is 36.4 Å². The van der Waals surface area contributed by atoms with Gasteiger partial charge in [0.1, 0.15) is 17.8 Å². The Kier molecular flexibility index (Phi) is 5.77. The van der Waals surface area contributed by atoms with Crippen molar-refractivity contribution >= 4 is 40.1 Å². The SMILES string of the molecule is Cc1ccc2cc(Sc3nc(Nc4cc(C)[nH]n4)cc(N4CC(N5CC[C@@H](F)C5)C4)n3)ccc2n1. The maximum absolute atomic E-state index is 13.7. The highest BCUT2D eigenvalue weighted by Crippen LogP contribution is 2.33. The van der Waals surface area contributed by atoms with E-state index in [0.29, 0.717) is 35.8 Å². The predicted molar refractivity (Wildman–Crippen MR) is 136 cm³/mol. The molecule has 0 aliphatic carbocycles. The first-order chi connectivity index (χ1) is 17.0. The minimum absolute atomic E-state index is 0.378. The van der Waals surface area contributed by atoms with Gasteiger partial charge in [0.2, 0.25) is 0 Å². The lowest BCUT2D eigenvalue weighted by atomic mass is 10.1. The van der Waals surface area contributed by atoms with Gasteiger partial charge in [-0.05, 0) is 56.3 Å². The standard InChI is InChI=1S/C25H27FN8S/c1-15-3-4-17-10-20(5-6-21(17)27-15)35-25-29-22(28-23-9-16(2)31-32-23)11-24(30-25)34-13-19(14-34)33-8-7-18(26)12-33/h3-6,9-11,18-19H,7-8,12-14H2,1-2H3,(H2,28,29,30,31,32)/t18-/m1/s1. The summed E-state index contributed by atoms with van der Waals surface area (Å²) in [7, 11) is 0. The molecule has 3 aromatic heterocycles. The summed E-state index contributed by atoms with van der Waals surface area (Å²) < 4.78 is 13.7. The Balaban J connectivity index is 1.25. The van der Waals surface area contributed by atoms with E-state index >= 15 is 0 Å². The number of pyridine rings is 1. The Morgan fingerprint density at radius 2 is 1.89 bits per heavy atom. The lowest BCUT2D eigenvalue weighted by molar-refractivity contribution is 0.188. The third kappa shape index (κ3) is 4.81. The maximum atomic E-state index is 13.7. The smallest absolute Gasteiger partial charge is 0.196 e. The largest absolute Gasteiger partial charge is 0.353 e. The topological polar surface area (TPSA) is 85.9 Å². The summed E-state index contributed by atoms with van der Waals surface area (Å²) in [5.41, 5.74) is 2.95. The molecule has 10 heteroatoms. The summed E-state index contributed by atoms with van der Waals surface area (Å²) in [5, 5.41) is 12.3. The number of halogens is 1. The van der Waals surface area contributed by atoms with E-state index in [9.17, 15) is 4.39 Å². The van der Waals surface area contributed by atoms with Gasteiger partial charge in [0.25, 0.3) is 0 Å². The zero-order valence-electron chi connectivity index (χ0n) is 19.7. The fourth-order valence-corrected chi connectivity index (χ4v) is 5.44. The number of alkyl halides is 1. The molecule has 0 saturated carbocycles. The van der Waals surface area contributed by atoms with Crippen molar-refractivity contribution in [1.29, 1.82) is 0 Å². The third-order valence-electron chi connectivity index (χ3n) is 6.53. The van der Waals surface area contributed by atoms with Crippen LogP contribution >= 0.6 is 11.8 Å². The number of benzene rings is 1. The van der Waals surface area contributed by atoms with E-state index in [1.807, 2.05) is 38.1 Å². The number of nitrogens with zero attached hydrogens (tertiary/aromatic N) is 6. The number of hydrogen-bond acceptors (Lipinski definition) is 8. The van der Waals surface area contributed by atoms with Crippen LogP contribution in [0, 0.1) is 13.8 Å². The van der Waals surface area contributed by atoms with Crippen LogP contribution in [-0.2, 0) is 0 Å². The monoisotopic (exact) mass is 490 g/mol. The van der Waals surface area contributed by atoms with Crippen LogP contribution in [0.2, 0.25) is 0 Å². The molecule has 0 radical (unpaired) electrons. The van der Waals surface area contributed by atoms with E-state index in [-0.39, 0.29) is 0 Å². The van der Waals surface area contributed by atoms with Crippen LogP contribution < -0.4 is 10.2 Å². The molecule has 2 N–H and O–H groups in total. The molecule has 180 valence electrons. The van der Waals surface area contributed by atoms with Crippen LogP contribution in [0.1, 0.15) is 17.8 Å². The average Bonchev–Trinajstić information content (AvgIpc) is 3.40. The molecule has 8 nitrogen and oxygen atoms in total. The molecule has 2 aliphatic rings. The van der Waals surface area contributed by atoms with Gasteiger partial charge in [0.15, 0.2) is 11.0 Å². The van der Waals surface area contributed by atoms with E-state index in [2.05, 4.69) is 48.5 Å². The molecular weight excluding hydrogens is 463 g/mol. The molecule has 0 unspecified atom stereocenters. The minimum atomic E-state index is -0.694. The first-order valence-electron chi connectivity index (χ1n) is 11.8. The van der Waals surface area contributed by atoms with Gasteiger partial charge >= 0.3 is 0 Å². The van der Waals surface area contributed by atoms with Gasteiger partial charge < -0.3 is 10.2 Å². The van der Waals surface area contributed by atoms with Gasteiger partial charge in [-0.1, -0.05) is 6.07 Å². The van der Waals surface area contributed by atoms with E-state index in [4.69, 9.17) is 9.97 Å². The van der Waals surface area contributed by atoms with Gasteiger partial charge in [-0.15, -0.1) is 0 Å². The highest BCUT2D eigenvalue weighted by atomic mass is 32.2. The normalized spacial score (nSPS) is 18.8. The fraction of sp³-hybridized carbons (Fsp3) is 0.360. The van der Waals surface area contributed by atoms with Gasteiger partial charge in [-0.25, -0.2) is 14.4 Å². The summed E-state index contributed by atoms with van der Waals surface area (Å²) in [6.45, 7) is 7.03. The number of nitrogens with one attached hydrogen (secondary N) is 2. The summed E-state index contributed by atoms with van der Waals surface area (Å²) >= 11 is 1.52. The zero-order valence-corrected chi connectivity index (χ0v) is 20.5. The van der Waals surface area contributed by atoms with Gasteiger partial charge in [-0.2, -0.15) is 5.10 Å². The third-order valence-corrected chi connectivity index (χ3v) is 7.38. The summed E-state index contributed by atoms with van der Waals surface area (Å²) in [4.78, 5) is 19.8. The number of H-pyrrole nitrogens is 1. The van der Waals surface area contributed by atoms with E-state index < -0.39 is 6.17 Å². The fourth-order valence-electron chi connectivity index (χ4n) is 4.62. The zero-order chi connectivity index (χ0) is 23.9. The van der Waals surface area contributed by atoms with Crippen molar-refractivity contribution in [2.45, 2.75) is 42.5 Å². The molecule has 2 fully saturated rings. The highest BCUT2D eigenvalue weighted by Gasteiger charge is 2.36. The number of aryl methyl sites for hydroxylation is 2. The lowest BCUT2D eigenvalue weighted by Gasteiger charge is -2.44. The van der Waals surface area contributed by atoms with Crippen molar-refractivity contribution in [3.05, 3.63) is 53.9 Å². The van der Waals surface area contributed by atoms with Gasteiger partial charge in [0.05, 0.1) is 5.52 Å². The number of hydrogen-bond donors (Lipinski definition) is 2. The minimum Gasteiger partial charge on any atom is -0.353 e. The van der Waals surface area contributed by atoms with Crippen LogP contribution in [0.3, 0.4) is 0 Å². The number of aromatic nitrogens is 5. The van der Waals surface area contributed by atoms with E-state index in [0.717, 1.165) is 52.6 Å². The first-order valence-corrected chi connectivity index (χ1v) is 12.7. The Bertz CT molecular complexity index is 1370. The van der Waals surface area contributed by atoms with Crippen LogP contribution in [0.25, 0.3) is 10.9 Å². The second kappa shape index (κ2) is 9.09. The molecule has 6 rings (SSSR count). The summed E-state index contributed by atoms with van der Waals surface area (Å²) in [6.07, 6.45) is -0.0525. The summed E-state index contributed by atoms with van der Waals surface area (Å²) in [5.74, 6) is 2.26. The molecule has 0 amide bonds. The van der Waals surface area contributed by atoms with Crippen LogP contribution in [0.15, 0.2) is 52.5 Å². The second-order valence-electron chi connectivity index (χ2n) is 9.30. The Morgan fingerprint density at radius 1 is 1.00 bits per heavy atom. The number of likely N-dealkylation sites (tertiary alicyclic amines) is 1.